The smallest absolute Gasteiger partial charge is 0.340 e. The molecule has 1 aliphatic heterocycles. The molecule has 2 aliphatic rings. The van der Waals surface area contributed by atoms with Gasteiger partial charge >= 0.3 is 5.97 Å². The monoisotopic (exact) mass is 165 g/mol. The van der Waals surface area contributed by atoms with Gasteiger partial charge in [0.2, 0.25) is 0 Å². The summed E-state index contributed by atoms with van der Waals surface area (Å²) in [6.45, 7) is 0. The van der Waals surface area contributed by atoms with E-state index in [1.165, 1.54) is 0 Å². The van der Waals surface area contributed by atoms with Gasteiger partial charge in [0, 0.05) is 0 Å². The molecule has 0 saturated heterocycles. The summed E-state index contributed by atoms with van der Waals surface area (Å²) in [5.74, 6) is -0.194. The van der Waals surface area contributed by atoms with Gasteiger partial charge in [-0.2, -0.15) is 0 Å². The first-order valence-electron chi connectivity index (χ1n) is 4.11. The first-order valence-corrected chi connectivity index (χ1v) is 4.11. The largest absolute Gasteiger partial charge is 0.439 e. The highest BCUT2D eigenvalue weighted by Crippen LogP contribution is 2.29. The van der Waals surface area contributed by atoms with Crippen molar-refractivity contribution in [3.63, 3.8) is 0 Å². The van der Waals surface area contributed by atoms with Crippen LogP contribution in [0.15, 0.2) is 23.3 Å². The lowest BCUT2D eigenvalue weighted by atomic mass is 9.98. The maximum Gasteiger partial charge on any atom is 0.340 e. The van der Waals surface area contributed by atoms with Crippen LogP contribution in [-0.4, -0.2) is 19.2 Å². The van der Waals surface area contributed by atoms with Gasteiger partial charge in [-0.05, 0) is 25.5 Å². The van der Waals surface area contributed by atoms with E-state index in [0.717, 1.165) is 24.0 Å². The molecule has 1 unspecified atom stereocenters. The van der Waals surface area contributed by atoms with Crippen molar-refractivity contribution in [2.24, 2.45) is 0 Å². The predicted molar refractivity (Wildman–Crippen MR) is 44.3 cm³/mol. The first kappa shape index (κ1) is 7.55. The second-order valence-electron chi connectivity index (χ2n) is 2.95. The average molecular weight is 165 g/mol. The Labute approximate surface area is 71.1 Å². The van der Waals surface area contributed by atoms with E-state index in [0.29, 0.717) is 0 Å². The molecule has 2 rings (SSSR count). The van der Waals surface area contributed by atoms with E-state index in [4.69, 9.17) is 4.74 Å². The quantitative estimate of drug-likeness (QED) is 0.582. The lowest BCUT2D eigenvalue weighted by molar-refractivity contribution is -0.140. The zero-order valence-electron chi connectivity index (χ0n) is 6.96. The van der Waals surface area contributed by atoms with Crippen LogP contribution in [0.5, 0.6) is 0 Å². The Bertz CT molecular complexity index is 278. The average Bonchev–Trinajstić information content (AvgIpc) is 2.44. The van der Waals surface area contributed by atoms with Crippen LogP contribution in [0.4, 0.5) is 0 Å². The van der Waals surface area contributed by atoms with Gasteiger partial charge in [-0.1, -0.05) is 12.2 Å². The summed E-state index contributed by atoms with van der Waals surface area (Å²) in [5, 5.41) is 2.96. The fourth-order valence-corrected chi connectivity index (χ4v) is 1.63. The number of esters is 1. The number of carbonyl (C=O) groups is 1. The van der Waals surface area contributed by atoms with Gasteiger partial charge in [0.15, 0.2) is 6.23 Å². The van der Waals surface area contributed by atoms with Gasteiger partial charge in [-0.3, -0.25) is 5.32 Å². The highest BCUT2D eigenvalue weighted by atomic mass is 16.6. The molecular formula is C9H11NO2. The summed E-state index contributed by atoms with van der Waals surface area (Å²) in [7, 11) is 1.80. The maximum atomic E-state index is 11.2. The number of rotatable bonds is 1. The Hall–Kier alpha value is -1.09. The summed E-state index contributed by atoms with van der Waals surface area (Å²) < 4.78 is 5.08. The molecular weight excluding hydrogens is 154 g/mol. The predicted octanol–water partition coefficient (Wildman–Crippen LogP) is 0.735. The summed E-state index contributed by atoms with van der Waals surface area (Å²) in [4.78, 5) is 11.2. The van der Waals surface area contributed by atoms with Crippen molar-refractivity contribution in [3.05, 3.63) is 23.3 Å². The first-order chi connectivity index (χ1) is 5.83. The Morgan fingerprint density at radius 3 is 3.25 bits per heavy atom. The topological polar surface area (TPSA) is 38.3 Å². The molecule has 1 N–H and O–H groups in total. The number of likely N-dealkylation sites (N-methyl/N-ethyl adjacent to an activating group) is 1. The molecule has 64 valence electrons. The molecule has 3 heteroatoms. The van der Waals surface area contributed by atoms with Gasteiger partial charge in [-0.15, -0.1) is 0 Å². The summed E-state index contributed by atoms with van der Waals surface area (Å²) in [6.07, 6.45) is 5.63. The number of hydrogen-bond acceptors (Lipinski definition) is 3. The number of hydrogen-bond donors (Lipinski definition) is 1. The van der Waals surface area contributed by atoms with Crippen molar-refractivity contribution in [1.29, 1.82) is 0 Å². The second-order valence-corrected chi connectivity index (χ2v) is 2.95. The normalized spacial score (nSPS) is 27.4. The minimum Gasteiger partial charge on any atom is -0.439 e. The third-order valence-corrected chi connectivity index (χ3v) is 2.23. The third-order valence-electron chi connectivity index (χ3n) is 2.23. The fraction of sp³-hybridized carbons (Fsp3) is 0.444. The zero-order chi connectivity index (χ0) is 8.55. The highest BCUT2D eigenvalue weighted by Gasteiger charge is 2.31. The molecule has 0 radical (unpaired) electrons. The van der Waals surface area contributed by atoms with Crippen LogP contribution in [0.3, 0.4) is 0 Å². The lowest BCUT2D eigenvalue weighted by Crippen LogP contribution is -2.27. The number of cyclic esters (lactones) is 1. The number of nitrogens with one attached hydrogen (secondary N) is 1. The molecule has 0 aromatic rings. The van der Waals surface area contributed by atoms with Crippen molar-refractivity contribution >= 4 is 5.97 Å². The fourth-order valence-electron chi connectivity index (χ4n) is 1.63. The van der Waals surface area contributed by atoms with Crippen LogP contribution in [0.25, 0.3) is 0 Å². The maximum absolute atomic E-state index is 11.2. The Morgan fingerprint density at radius 2 is 2.50 bits per heavy atom. The van der Waals surface area contributed by atoms with Crippen LogP contribution < -0.4 is 5.32 Å². The molecule has 12 heavy (non-hydrogen) atoms. The van der Waals surface area contributed by atoms with Crippen LogP contribution in [0, 0.1) is 0 Å². The summed E-state index contributed by atoms with van der Waals surface area (Å²) in [6, 6.07) is 0. The number of ether oxygens (including phenoxy) is 1. The molecule has 1 atom stereocenters. The molecule has 0 aromatic carbocycles. The van der Waals surface area contributed by atoms with Crippen molar-refractivity contribution in [3.8, 4) is 0 Å². The molecule has 3 nitrogen and oxygen atoms in total. The highest BCUT2D eigenvalue weighted by molar-refractivity contribution is 5.95. The van der Waals surface area contributed by atoms with Gasteiger partial charge in [0.05, 0.1) is 5.57 Å². The molecule has 1 heterocycles. The van der Waals surface area contributed by atoms with Crippen LogP contribution in [-0.2, 0) is 9.53 Å². The lowest BCUT2D eigenvalue weighted by Gasteiger charge is -2.12. The SMILES string of the molecule is CNC1OC(=O)C2=C1CCC=C2. The van der Waals surface area contributed by atoms with Crippen LogP contribution >= 0.6 is 0 Å². The molecule has 1 aliphatic carbocycles. The molecule has 0 saturated carbocycles. The van der Waals surface area contributed by atoms with E-state index in [1.807, 2.05) is 12.2 Å². The molecule has 0 amide bonds. The zero-order valence-corrected chi connectivity index (χ0v) is 6.96. The minimum atomic E-state index is -0.194. The Balaban J connectivity index is 2.34. The minimum absolute atomic E-state index is 0.183. The summed E-state index contributed by atoms with van der Waals surface area (Å²) in [5.41, 5.74) is 1.85. The van der Waals surface area contributed by atoms with Gasteiger partial charge in [-0.25, -0.2) is 4.79 Å². The number of carbonyl (C=O) groups excluding carboxylic acids is 1. The Kier molecular flexibility index (Phi) is 1.73. The van der Waals surface area contributed by atoms with E-state index < -0.39 is 0 Å². The van der Waals surface area contributed by atoms with E-state index >= 15 is 0 Å². The van der Waals surface area contributed by atoms with Crippen molar-refractivity contribution < 1.29 is 9.53 Å². The van der Waals surface area contributed by atoms with Gasteiger partial charge < -0.3 is 4.74 Å². The third kappa shape index (κ3) is 0.975. The van der Waals surface area contributed by atoms with E-state index in [-0.39, 0.29) is 12.2 Å². The molecule has 0 spiro atoms. The van der Waals surface area contributed by atoms with E-state index in [2.05, 4.69) is 5.32 Å². The number of allylic oxidation sites excluding steroid dienone is 1. The second kappa shape index (κ2) is 2.75. The molecule has 0 bridgehead atoms. The summed E-state index contributed by atoms with van der Waals surface area (Å²) >= 11 is 0. The molecule has 0 aromatic heterocycles. The van der Waals surface area contributed by atoms with Crippen LogP contribution in [0.2, 0.25) is 0 Å². The molecule has 0 fully saturated rings. The van der Waals surface area contributed by atoms with Crippen molar-refractivity contribution in [2.45, 2.75) is 19.1 Å². The van der Waals surface area contributed by atoms with Crippen LogP contribution in [0.1, 0.15) is 12.8 Å². The van der Waals surface area contributed by atoms with Gasteiger partial charge in [0.1, 0.15) is 0 Å². The van der Waals surface area contributed by atoms with Gasteiger partial charge in [0.25, 0.3) is 0 Å². The van der Waals surface area contributed by atoms with Crippen molar-refractivity contribution in [1.82, 2.24) is 5.32 Å². The van der Waals surface area contributed by atoms with E-state index in [9.17, 15) is 4.79 Å². The standard InChI is InChI=1S/C9H11NO2/c1-10-8-6-4-2-3-5-7(6)9(11)12-8/h3,5,8,10H,2,4H2,1H3. The Morgan fingerprint density at radius 1 is 1.67 bits per heavy atom. The van der Waals surface area contributed by atoms with E-state index in [1.54, 1.807) is 7.05 Å². The van der Waals surface area contributed by atoms with Crippen molar-refractivity contribution in [2.75, 3.05) is 7.05 Å².